The Morgan fingerprint density at radius 3 is 2.74 bits per heavy atom. The van der Waals surface area contributed by atoms with Crippen molar-refractivity contribution in [2.45, 2.75) is 32.2 Å². The lowest BCUT2D eigenvalue weighted by Gasteiger charge is -2.15. The Labute approximate surface area is 123 Å². The first kappa shape index (κ1) is 13.1. The minimum Gasteiger partial charge on any atom is -0.314 e. The number of rotatable bonds is 3. The van der Waals surface area contributed by atoms with Gasteiger partial charge in [-0.1, -0.05) is 47.1 Å². The number of fused-ring (bicyclic) bond motifs is 1. The summed E-state index contributed by atoms with van der Waals surface area (Å²) in [5.74, 6) is 0.830. The van der Waals surface area contributed by atoms with Crippen LogP contribution < -0.4 is 5.32 Å². The second kappa shape index (κ2) is 5.64. The van der Waals surface area contributed by atoms with Crippen molar-refractivity contribution < 1.29 is 0 Å². The first-order valence-electron chi connectivity index (χ1n) is 7.14. The van der Waals surface area contributed by atoms with Crippen molar-refractivity contribution in [2.75, 3.05) is 6.54 Å². The second-order valence-electron chi connectivity index (χ2n) is 5.69. The summed E-state index contributed by atoms with van der Waals surface area (Å²) in [4.78, 5) is 0. The molecule has 1 nitrogen and oxygen atoms in total. The maximum absolute atomic E-state index is 3.62. The number of benzene rings is 2. The van der Waals surface area contributed by atoms with Crippen LogP contribution in [0, 0.1) is 5.92 Å². The van der Waals surface area contributed by atoms with Gasteiger partial charge in [0.15, 0.2) is 0 Å². The first-order chi connectivity index (χ1) is 9.22. The summed E-state index contributed by atoms with van der Waals surface area (Å²) in [6, 6.07) is 14.0. The molecule has 0 amide bonds. The fourth-order valence-electron chi connectivity index (χ4n) is 3.03. The lowest BCUT2D eigenvalue weighted by molar-refractivity contribution is 0.454. The van der Waals surface area contributed by atoms with Crippen molar-refractivity contribution >= 4 is 26.7 Å². The maximum atomic E-state index is 3.62. The molecule has 2 heteroatoms. The molecule has 19 heavy (non-hydrogen) atoms. The molecule has 0 saturated carbocycles. The van der Waals surface area contributed by atoms with E-state index in [1.807, 2.05) is 0 Å². The van der Waals surface area contributed by atoms with Crippen LogP contribution in [-0.4, -0.2) is 12.6 Å². The van der Waals surface area contributed by atoms with Crippen LogP contribution in [0.25, 0.3) is 10.8 Å². The number of nitrogens with one attached hydrogen (secondary N) is 1. The van der Waals surface area contributed by atoms with Crippen molar-refractivity contribution in [3.8, 4) is 0 Å². The van der Waals surface area contributed by atoms with E-state index in [1.165, 1.54) is 42.1 Å². The largest absolute Gasteiger partial charge is 0.314 e. The number of hydrogen-bond acceptors (Lipinski definition) is 1. The van der Waals surface area contributed by atoms with Crippen LogP contribution in [0.15, 0.2) is 40.9 Å². The Bertz CT molecular complexity index is 578. The van der Waals surface area contributed by atoms with Crippen LogP contribution in [0.1, 0.15) is 25.3 Å². The Morgan fingerprint density at radius 1 is 1.16 bits per heavy atom. The molecule has 0 aliphatic carbocycles. The normalized spacial score (nSPS) is 23.1. The zero-order valence-electron chi connectivity index (χ0n) is 11.3. The van der Waals surface area contributed by atoms with Crippen molar-refractivity contribution in [2.24, 2.45) is 5.92 Å². The minimum atomic E-state index is 0.709. The fourth-order valence-corrected chi connectivity index (χ4v) is 3.41. The third-order valence-corrected chi connectivity index (χ3v) is 4.80. The molecule has 1 heterocycles. The molecule has 0 radical (unpaired) electrons. The van der Waals surface area contributed by atoms with Gasteiger partial charge in [0.25, 0.3) is 0 Å². The number of aryl methyl sites for hydroxylation is 1. The Morgan fingerprint density at radius 2 is 1.95 bits per heavy atom. The molecular weight excluding hydrogens is 298 g/mol. The predicted octanol–water partition coefficient (Wildman–Crippen LogP) is 4.53. The Balaban J connectivity index is 1.72. The third-order valence-electron chi connectivity index (χ3n) is 4.30. The summed E-state index contributed by atoms with van der Waals surface area (Å²) in [5.41, 5.74) is 1.45. The summed E-state index contributed by atoms with van der Waals surface area (Å²) >= 11 is 3.52. The molecule has 0 bridgehead atoms. The van der Waals surface area contributed by atoms with E-state index in [9.17, 15) is 0 Å². The molecule has 1 saturated heterocycles. The number of halogens is 1. The fraction of sp³-hybridized carbons (Fsp3) is 0.412. The predicted molar refractivity (Wildman–Crippen MR) is 85.5 cm³/mol. The van der Waals surface area contributed by atoms with Crippen LogP contribution in [0.5, 0.6) is 0 Å². The van der Waals surface area contributed by atoms with Gasteiger partial charge in [-0.05, 0) is 60.2 Å². The molecule has 2 aromatic carbocycles. The van der Waals surface area contributed by atoms with Crippen LogP contribution in [0.3, 0.4) is 0 Å². The highest BCUT2D eigenvalue weighted by Crippen LogP contribution is 2.23. The van der Waals surface area contributed by atoms with Crippen LogP contribution in [0.2, 0.25) is 0 Å². The standard InChI is InChI=1S/C17H20BrN/c1-12-8-9-19-17(12)7-3-13-2-4-15-11-16(18)6-5-14(15)10-13/h2,4-6,10-12,17,19H,3,7-9H2,1H3/t12-,17-/m1/s1. The van der Waals surface area contributed by atoms with Gasteiger partial charge in [-0.3, -0.25) is 0 Å². The monoisotopic (exact) mass is 317 g/mol. The molecular formula is C17H20BrN. The Hall–Kier alpha value is -0.860. The van der Waals surface area contributed by atoms with Crippen molar-refractivity contribution in [3.63, 3.8) is 0 Å². The molecule has 1 aliphatic rings. The maximum Gasteiger partial charge on any atom is 0.0181 e. The van der Waals surface area contributed by atoms with Gasteiger partial charge in [-0.15, -0.1) is 0 Å². The van der Waals surface area contributed by atoms with Crippen molar-refractivity contribution in [1.82, 2.24) is 5.32 Å². The molecule has 0 spiro atoms. The summed E-state index contributed by atoms with van der Waals surface area (Å²) < 4.78 is 1.15. The minimum absolute atomic E-state index is 0.709. The lowest BCUT2D eigenvalue weighted by Crippen LogP contribution is -2.26. The molecule has 1 aliphatic heterocycles. The van der Waals surface area contributed by atoms with Gasteiger partial charge in [0, 0.05) is 10.5 Å². The molecule has 3 rings (SSSR count). The smallest absolute Gasteiger partial charge is 0.0181 e. The highest BCUT2D eigenvalue weighted by molar-refractivity contribution is 9.10. The van der Waals surface area contributed by atoms with E-state index in [4.69, 9.17) is 0 Å². The van der Waals surface area contributed by atoms with Crippen LogP contribution in [0.4, 0.5) is 0 Å². The van der Waals surface area contributed by atoms with Gasteiger partial charge in [0.2, 0.25) is 0 Å². The van der Waals surface area contributed by atoms with Gasteiger partial charge in [0.05, 0.1) is 0 Å². The summed E-state index contributed by atoms with van der Waals surface area (Å²) in [6.07, 6.45) is 3.76. The Kier molecular flexibility index (Phi) is 3.90. The third kappa shape index (κ3) is 3.01. The molecule has 1 fully saturated rings. The van der Waals surface area contributed by atoms with E-state index >= 15 is 0 Å². The van der Waals surface area contributed by atoms with Gasteiger partial charge in [-0.25, -0.2) is 0 Å². The lowest BCUT2D eigenvalue weighted by atomic mass is 9.96. The zero-order chi connectivity index (χ0) is 13.2. The highest BCUT2D eigenvalue weighted by Gasteiger charge is 2.21. The van der Waals surface area contributed by atoms with Gasteiger partial charge in [-0.2, -0.15) is 0 Å². The number of hydrogen-bond donors (Lipinski definition) is 1. The molecule has 100 valence electrons. The second-order valence-corrected chi connectivity index (χ2v) is 6.61. The summed E-state index contributed by atoms with van der Waals surface area (Å²) in [5, 5.41) is 6.27. The van der Waals surface area contributed by atoms with E-state index in [-0.39, 0.29) is 0 Å². The summed E-state index contributed by atoms with van der Waals surface area (Å²) in [7, 11) is 0. The van der Waals surface area contributed by atoms with Crippen molar-refractivity contribution in [1.29, 1.82) is 0 Å². The summed E-state index contributed by atoms with van der Waals surface area (Å²) in [6.45, 7) is 3.56. The van der Waals surface area contributed by atoms with E-state index < -0.39 is 0 Å². The van der Waals surface area contributed by atoms with Crippen LogP contribution >= 0.6 is 15.9 Å². The highest BCUT2D eigenvalue weighted by atomic mass is 79.9. The van der Waals surface area contributed by atoms with E-state index in [0.29, 0.717) is 6.04 Å². The first-order valence-corrected chi connectivity index (χ1v) is 7.93. The van der Waals surface area contributed by atoms with Gasteiger partial charge < -0.3 is 5.32 Å². The molecule has 1 N–H and O–H groups in total. The van der Waals surface area contributed by atoms with Crippen molar-refractivity contribution in [3.05, 3.63) is 46.4 Å². The van der Waals surface area contributed by atoms with Gasteiger partial charge >= 0.3 is 0 Å². The van der Waals surface area contributed by atoms with Crippen LogP contribution in [-0.2, 0) is 6.42 Å². The SMILES string of the molecule is C[C@@H]1CCN[C@@H]1CCc1ccc2cc(Br)ccc2c1. The average molecular weight is 318 g/mol. The molecule has 2 aromatic rings. The van der Waals surface area contributed by atoms with E-state index in [0.717, 1.165) is 10.4 Å². The average Bonchev–Trinajstić information content (AvgIpc) is 2.82. The van der Waals surface area contributed by atoms with Gasteiger partial charge in [0.1, 0.15) is 0 Å². The molecule has 2 atom stereocenters. The molecule has 0 aromatic heterocycles. The zero-order valence-corrected chi connectivity index (χ0v) is 12.9. The van der Waals surface area contributed by atoms with E-state index in [2.05, 4.69) is 64.6 Å². The van der Waals surface area contributed by atoms with E-state index in [1.54, 1.807) is 0 Å². The topological polar surface area (TPSA) is 12.0 Å². The molecule has 0 unspecified atom stereocenters. The quantitative estimate of drug-likeness (QED) is 0.876.